The number of alkyl halides is 3. The Morgan fingerprint density at radius 1 is 1.21 bits per heavy atom. The molecule has 152 valence electrons. The molecular weight excluding hydrogens is 405 g/mol. The Hall–Kier alpha value is -3.19. The highest BCUT2D eigenvalue weighted by molar-refractivity contribution is 7.71. The summed E-state index contributed by atoms with van der Waals surface area (Å²) in [5.41, 5.74) is 7.88. The maximum absolute atomic E-state index is 13.0. The number of rotatable bonds is 5. The van der Waals surface area contributed by atoms with Crippen molar-refractivity contribution in [3.63, 3.8) is 0 Å². The van der Waals surface area contributed by atoms with Gasteiger partial charge < -0.3 is 15.6 Å². The van der Waals surface area contributed by atoms with E-state index in [0.717, 1.165) is 4.57 Å². The third-order valence-electron chi connectivity index (χ3n) is 4.03. The fourth-order valence-corrected chi connectivity index (χ4v) is 3.25. The zero-order valence-corrected chi connectivity index (χ0v) is 15.9. The van der Waals surface area contributed by atoms with Crippen LogP contribution in [-0.2, 0) is 23.0 Å². The average Bonchev–Trinajstić information content (AvgIpc) is 2.97. The summed E-state index contributed by atoms with van der Waals surface area (Å²) in [5.74, 6) is 5.41. The van der Waals surface area contributed by atoms with E-state index in [-0.39, 0.29) is 18.0 Å². The molecule has 3 N–H and O–H groups in total. The van der Waals surface area contributed by atoms with Gasteiger partial charge in [0.25, 0.3) is 0 Å². The van der Waals surface area contributed by atoms with E-state index in [0.29, 0.717) is 28.0 Å². The van der Waals surface area contributed by atoms with Crippen LogP contribution in [0.5, 0.6) is 0 Å². The number of hydrogen-bond donors (Lipinski definition) is 3. The summed E-state index contributed by atoms with van der Waals surface area (Å²) in [5, 5.41) is 3.48. The average molecular weight is 422 g/mol. The van der Waals surface area contributed by atoms with E-state index in [4.69, 9.17) is 5.73 Å². The maximum Gasteiger partial charge on any atom is 0.406 e. The highest BCUT2D eigenvalue weighted by Crippen LogP contribution is 2.28. The first-order valence-corrected chi connectivity index (χ1v) is 9.83. The number of nitrogen functional groups attached to an aromatic ring is 1. The van der Waals surface area contributed by atoms with Crippen molar-refractivity contribution in [2.75, 3.05) is 17.6 Å². The minimum atomic E-state index is -4.40. The van der Waals surface area contributed by atoms with E-state index in [9.17, 15) is 21.6 Å². The number of aromatic nitrogens is 2. The van der Waals surface area contributed by atoms with Crippen molar-refractivity contribution in [1.82, 2.24) is 9.55 Å². The van der Waals surface area contributed by atoms with E-state index < -0.39 is 23.4 Å². The van der Waals surface area contributed by atoms with E-state index >= 15 is 0 Å². The van der Waals surface area contributed by atoms with Crippen LogP contribution in [-0.4, -0.2) is 30.7 Å². The molecule has 0 unspecified atom stereocenters. The summed E-state index contributed by atoms with van der Waals surface area (Å²) >= 11 is 0. The molecule has 0 aliphatic carbocycles. The van der Waals surface area contributed by atoms with Crippen molar-refractivity contribution in [3.8, 4) is 11.8 Å². The first kappa shape index (κ1) is 20.5. The maximum atomic E-state index is 13.0. The number of fused-ring (bicyclic) bond motifs is 1. The predicted molar refractivity (Wildman–Crippen MR) is 106 cm³/mol. The number of nitrogens with one attached hydrogen (secondary N) is 1. The van der Waals surface area contributed by atoms with Crippen LogP contribution in [0.2, 0.25) is 0 Å². The molecule has 0 aliphatic heterocycles. The van der Waals surface area contributed by atoms with Crippen LogP contribution >= 0.6 is 0 Å². The SMILES string of the molecule is Nc1cccc2c1cc(C#CCNc1ccc(C[SH](=O)=O)nc1)n2CC(F)(F)F. The standard InChI is InChI=1S/C19H17F3N4O2S/c20-19(21,22)12-26-15(9-16-17(23)4-1-5-18(16)26)3-2-8-24-13-6-7-14(25-10-13)11-29(27)28/h1,4-7,9-10,24,29H,8,11-12,23H2. The molecule has 1 aromatic carbocycles. The zero-order chi connectivity index (χ0) is 21.0. The van der Waals surface area contributed by atoms with Gasteiger partial charge in [0.05, 0.1) is 41.1 Å². The van der Waals surface area contributed by atoms with E-state index in [1.54, 1.807) is 36.4 Å². The third-order valence-corrected chi connectivity index (χ3v) is 4.61. The number of nitrogens with two attached hydrogens (primary N) is 1. The molecule has 2 heterocycles. The van der Waals surface area contributed by atoms with Crippen LogP contribution in [0, 0.1) is 11.8 Å². The summed E-state index contributed by atoms with van der Waals surface area (Å²) in [6, 6.07) is 9.57. The van der Waals surface area contributed by atoms with E-state index in [1.165, 1.54) is 6.20 Å². The summed E-state index contributed by atoms with van der Waals surface area (Å²) in [6.45, 7) is -0.995. The lowest BCUT2D eigenvalue weighted by Crippen LogP contribution is -2.18. The highest BCUT2D eigenvalue weighted by atomic mass is 32.2. The molecule has 2 aromatic heterocycles. The van der Waals surface area contributed by atoms with Crippen molar-refractivity contribution in [2.45, 2.75) is 18.5 Å². The van der Waals surface area contributed by atoms with Gasteiger partial charge in [0, 0.05) is 11.1 Å². The van der Waals surface area contributed by atoms with Crippen LogP contribution < -0.4 is 11.1 Å². The van der Waals surface area contributed by atoms with Gasteiger partial charge in [0.2, 0.25) is 0 Å². The van der Waals surface area contributed by atoms with Gasteiger partial charge in [0.1, 0.15) is 17.2 Å². The number of halogens is 3. The van der Waals surface area contributed by atoms with E-state index in [2.05, 4.69) is 22.1 Å². The Morgan fingerprint density at radius 2 is 2.00 bits per heavy atom. The highest BCUT2D eigenvalue weighted by Gasteiger charge is 2.29. The number of nitrogens with zero attached hydrogens (tertiary/aromatic N) is 2. The Morgan fingerprint density at radius 3 is 2.66 bits per heavy atom. The summed E-state index contributed by atoms with van der Waals surface area (Å²) in [7, 11) is -2.55. The Balaban J connectivity index is 1.77. The summed E-state index contributed by atoms with van der Waals surface area (Å²) < 4.78 is 61.4. The molecule has 0 spiro atoms. The van der Waals surface area contributed by atoms with Crippen LogP contribution in [0.4, 0.5) is 24.5 Å². The number of benzene rings is 1. The molecule has 0 saturated carbocycles. The van der Waals surface area contributed by atoms with Crippen LogP contribution in [0.1, 0.15) is 11.4 Å². The number of anilines is 2. The predicted octanol–water partition coefficient (Wildman–Crippen LogP) is 2.76. The largest absolute Gasteiger partial charge is 0.406 e. The van der Waals surface area contributed by atoms with Gasteiger partial charge in [-0.2, -0.15) is 13.2 Å². The molecule has 0 saturated heterocycles. The first-order valence-electron chi connectivity index (χ1n) is 8.47. The molecule has 10 heteroatoms. The molecule has 6 nitrogen and oxygen atoms in total. The molecular formula is C19H17F3N4O2S. The second kappa shape index (κ2) is 8.45. The second-order valence-corrected chi connectivity index (χ2v) is 7.18. The summed E-state index contributed by atoms with van der Waals surface area (Å²) in [4.78, 5) is 4.01. The Labute approximate surface area is 166 Å². The molecule has 0 atom stereocenters. The van der Waals surface area contributed by atoms with Gasteiger partial charge in [0.15, 0.2) is 0 Å². The lowest BCUT2D eigenvalue weighted by atomic mass is 10.2. The normalized spacial score (nSPS) is 11.4. The molecule has 3 aromatic rings. The van der Waals surface area contributed by atoms with Crippen LogP contribution in [0.3, 0.4) is 0 Å². The van der Waals surface area contributed by atoms with Gasteiger partial charge >= 0.3 is 6.18 Å². The number of thiol groups is 1. The van der Waals surface area contributed by atoms with Crippen molar-refractivity contribution in [2.24, 2.45) is 0 Å². The monoisotopic (exact) mass is 422 g/mol. The van der Waals surface area contributed by atoms with Gasteiger partial charge in [-0.3, -0.25) is 4.98 Å². The molecule has 0 radical (unpaired) electrons. The molecule has 3 rings (SSSR count). The van der Waals surface area contributed by atoms with Crippen molar-refractivity contribution >= 4 is 33.0 Å². The van der Waals surface area contributed by atoms with E-state index in [1.807, 2.05) is 0 Å². The van der Waals surface area contributed by atoms with Gasteiger partial charge in [-0.25, -0.2) is 8.42 Å². The van der Waals surface area contributed by atoms with Crippen LogP contribution in [0.25, 0.3) is 10.9 Å². The van der Waals surface area contributed by atoms with Crippen molar-refractivity contribution in [1.29, 1.82) is 0 Å². The minimum Gasteiger partial charge on any atom is -0.398 e. The second-order valence-electron chi connectivity index (χ2n) is 6.20. The minimum absolute atomic E-state index is 0.137. The fourth-order valence-electron chi connectivity index (χ4n) is 2.80. The van der Waals surface area contributed by atoms with Gasteiger partial charge in [-0.05, 0) is 36.3 Å². The third kappa shape index (κ3) is 5.42. The molecule has 0 fully saturated rings. The lowest BCUT2D eigenvalue weighted by molar-refractivity contribution is -0.140. The van der Waals surface area contributed by atoms with Crippen molar-refractivity contribution < 1.29 is 21.6 Å². The number of pyridine rings is 1. The smallest absolute Gasteiger partial charge is 0.398 e. The Kier molecular flexibility index (Phi) is 5.98. The van der Waals surface area contributed by atoms with Crippen molar-refractivity contribution in [3.05, 3.63) is 54.0 Å². The first-order chi connectivity index (χ1) is 13.7. The van der Waals surface area contributed by atoms with Gasteiger partial charge in [-0.1, -0.05) is 12.0 Å². The Bertz CT molecular complexity index is 1150. The molecule has 0 aliphatic rings. The zero-order valence-electron chi connectivity index (χ0n) is 15.0. The molecule has 0 amide bonds. The van der Waals surface area contributed by atoms with Crippen LogP contribution in [0.15, 0.2) is 42.6 Å². The fraction of sp³-hybridized carbons (Fsp3) is 0.211. The van der Waals surface area contributed by atoms with Gasteiger partial charge in [-0.15, -0.1) is 0 Å². The molecule has 29 heavy (non-hydrogen) atoms. The molecule has 0 bridgehead atoms. The topological polar surface area (TPSA) is 90.0 Å². The summed E-state index contributed by atoms with van der Waals surface area (Å²) in [6.07, 6.45) is -2.93. The number of hydrogen-bond acceptors (Lipinski definition) is 5. The lowest BCUT2D eigenvalue weighted by Gasteiger charge is -2.11. The quantitative estimate of drug-likeness (QED) is 0.334.